The number of benzene rings is 1. The van der Waals surface area contributed by atoms with Gasteiger partial charge < -0.3 is 11.1 Å². The molecule has 0 heterocycles. The summed E-state index contributed by atoms with van der Waals surface area (Å²) in [7, 11) is 0. The first-order chi connectivity index (χ1) is 7.13. The molecule has 0 fully saturated rings. The number of nitrogens with one attached hydrogen (secondary N) is 1. The third-order valence-electron chi connectivity index (χ3n) is 2.05. The van der Waals surface area contributed by atoms with Gasteiger partial charge in [-0.3, -0.25) is 4.79 Å². The Bertz CT molecular complexity index is 324. The molecule has 0 bridgehead atoms. The lowest BCUT2D eigenvalue weighted by Gasteiger charge is -2.10. The van der Waals surface area contributed by atoms with Crippen LogP contribution in [0.4, 0.5) is 5.69 Å². The van der Waals surface area contributed by atoms with Crippen LogP contribution in [0.5, 0.6) is 0 Å². The molecule has 1 atom stereocenters. The van der Waals surface area contributed by atoms with Crippen molar-refractivity contribution in [2.75, 3.05) is 5.32 Å². The average Bonchev–Trinajstić information content (AvgIpc) is 2.22. The van der Waals surface area contributed by atoms with Crippen molar-refractivity contribution in [3.8, 4) is 0 Å². The molecule has 4 heteroatoms. The van der Waals surface area contributed by atoms with Gasteiger partial charge >= 0.3 is 0 Å². The summed E-state index contributed by atoms with van der Waals surface area (Å²) in [4.78, 5) is 11.5. The first kappa shape index (κ1) is 12.0. The van der Waals surface area contributed by atoms with Crippen molar-refractivity contribution in [3.63, 3.8) is 0 Å². The lowest BCUT2D eigenvalue weighted by molar-refractivity contribution is -0.117. The van der Waals surface area contributed by atoms with Gasteiger partial charge in [-0.1, -0.05) is 24.9 Å². The maximum atomic E-state index is 11.5. The number of carbonyl (C=O) groups is 1. The summed E-state index contributed by atoms with van der Waals surface area (Å²) in [5.74, 6) is -0.154. The third-order valence-corrected chi connectivity index (χ3v) is 2.30. The van der Waals surface area contributed by atoms with Gasteiger partial charge in [-0.05, 0) is 30.7 Å². The fourth-order valence-electron chi connectivity index (χ4n) is 1.21. The van der Waals surface area contributed by atoms with E-state index in [4.69, 9.17) is 17.3 Å². The Morgan fingerprint density at radius 3 is 2.60 bits per heavy atom. The van der Waals surface area contributed by atoms with Crippen molar-refractivity contribution in [1.29, 1.82) is 0 Å². The molecule has 1 aromatic rings. The molecule has 0 saturated carbocycles. The van der Waals surface area contributed by atoms with Crippen LogP contribution in [0.25, 0.3) is 0 Å². The average molecular weight is 227 g/mol. The smallest absolute Gasteiger partial charge is 0.241 e. The van der Waals surface area contributed by atoms with Gasteiger partial charge in [0.15, 0.2) is 0 Å². The van der Waals surface area contributed by atoms with Gasteiger partial charge in [0, 0.05) is 10.7 Å². The van der Waals surface area contributed by atoms with Crippen LogP contribution in [0.2, 0.25) is 5.02 Å². The van der Waals surface area contributed by atoms with Crippen LogP contribution in [0.3, 0.4) is 0 Å². The second-order valence-electron chi connectivity index (χ2n) is 3.39. The van der Waals surface area contributed by atoms with E-state index in [1.165, 1.54) is 0 Å². The number of amides is 1. The molecule has 3 N–H and O–H groups in total. The summed E-state index contributed by atoms with van der Waals surface area (Å²) in [6.45, 7) is 2.00. The summed E-state index contributed by atoms with van der Waals surface area (Å²) in [6, 6.07) is 6.51. The number of halogens is 1. The fraction of sp³-hybridized carbons (Fsp3) is 0.364. The van der Waals surface area contributed by atoms with Gasteiger partial charge in [0.25, 0.3) is 0 Å². The van der Waals surface area contributed by atoms with E-state index >= 15 is 0 Å². The van der Waals surface area contributed by atoms with Crippen molar-refractivity contribution < 1.29 is 4.79 Å². The van der Waals surface area contributed by atoms with Crippen molar-refractivity contribution >= 4 is 23.2 Å². The molecule has 1 aromatic carbocycles. The Balaban J connectivity index is 2.54. The molecule has 0 spiro atoms. The van der Waals surface area contributed by atoms with Crippen molar-refractivity contribution in [1.82, 2.24) is 0 Å². The number of carbonyl (C=O) groups excluding carboxylic acids is 1. The van der Waals surface area contributed by atoms with Crippen LogP contribution in [-0.2, 0) is 4.79 Å². The molecule has 82 valence electrons. The van der Waals surface area contributed by atoms with Crippen molar-refractivity contribution in [3.05, 3.63) is 29.3 Å². The Kier molecular flexibility index (Phi) is 4.59. The molecule has 0 saturated heterocycles. The maximum Gasteiger partial charge on any atom is 0.241 e. The van der Waals surface area contributed by atoms with Crippen LogP contribution < -0.4 is 11.1 Å². The SMILES string of the molecule is CCC[C@@H](N)C(=O)Nc1ccc(Cl)cc1. The van der Waals surface area contributed by atoms with E-state index in [1.807, 2.05) is 6.92 Å². The molecule has 3 nitrogen and oxygen atoms in total. The molecule has 0 aromatic heterocycles. The normalized spacial score (nSPS) is 12.2. The third kappa shape index (κ3) is 3.90. The number of anilines is 1. The molecule has 0 aliphatic rings. The summed E-state index contributed by atoms with van der Waals surface area (Å²) in [5.41, 5.74) is 6.39. The number of hydrogen-bond donors (Lipinski definition) is 2. The summed E-state index contributed by atoms with van der Waals surface area (Å²) < 4.78 is 0. The molecule has 1 rings (SSSR count). The van der Waals surface area contributed by atoms with Crippen LogP contribution in [0.15, 0.2) is 24.3 Å². The zero-order valence-electron chi connectivity index (χ0n) is 8.66. The molecule has 1 amide bonds. The molecule has 0 aliphatic heterocycles. The topological polar surface area (TPSA) is 55.1 Å². The summed E-state index contributed by atoms with van der Waals surface area (Å²) in [6.07, 6.45) is 1.59. The first-order valence-corrected chi connectivity index (χ1v) is 5.33. The fourth-order valence-corrected chi connectivity index (χ4v) is 1.34. The minimum Gasteiger partial charge on any atom is -0.325 e. The van der Waals surface area contributed by atoms with Gasteiger partial charge in [0.05, 0.1) is 6.04 Å². The highest BCUT2D eigenvalue weighted by Crippen LogP contribution is 2.13. The molecular weight excluding hydrogens is 212 g/mol. The van der Waals surface area contributed by atoms with E-state index in [0.29, 0.717) is 11.4 Å². The van der Waals surface area contributed by atoms with E-state index in [2.05, 4.69) is 5.32 Å². The summed E-state index contributed by atoms with van der Waals surface area (Å²) >= 11 is 5.72. The minimum absolute atomic E-state index is 0.154. The number of hydrogen-bond acceptors (Lipinski definition) is 2. The molecule has 0 unspecified atom stereocenters. The maximum absolute atomic E-state index is 11.5. The van der Waals surface area contributed by atoms with Gasteiger partial charge in [0.1, 0.15) is 0 Å². The van der Waals surface area contributed by atoms with Crippen molar-refractivity contribution in [2.24, 2.45) is 5.73 Å². The Morgan fingerprint density at radius 1 is 1.47 bits per heavy atom. The Morgan fingerprint density at radius 2 is 2.07 bits per heavy atom. The van der Waals surface area contributed by atoms with E-state index in [0.717, 1.165) is 12.1 Å². The lowest BCUT2D eigenvalue weighted by atomic mass is 10.1. The highest BCUT2D eigenvalue weighted by atomic mass is 35.5. The van der Waals surface area contributed by atoms with Gasteiger partial charge in [-0.25, -0.2) is 0 Å². The van der Waals surface area contributed by atoms with Crippen LogP contribution in [-0.4, -0.2) is 11.9 Å². The van der Waals surface area contributed by atoms with E-state index in [-0.39, 0.29) is 5.91 Å². The van der Waals surface area contributed by atoms with E-state index in [9.17, 15) is 4.79 Å². The molecular formula is C11H15ClN2O. The first-order valence-electron chi connectivity index (χ1n) is 4.95. The quantitative estimate of drug-likeness (QED) is 0.829. The van der Waals surface area contributed by atoms with Crippen LogP contribution in [0.1, 0.15) is 19.8 Å². The predicted molar refractivity (Wildman–Crippen MR) is 63.0 cm³/mol. The summed E-state index contributed by atoms with van der Waals surface area (Å²) in [5, 5.41) is 3.38. The predicted octanol–water partition coefficient (Wildman–Crippen LogP) is 2.41. The molecule has 0 radical (unpaired) electrons. The van der Waals surface area contributed by atoms with Crippen LogP contribution in [0, 0.1) is 0 Å². The zero-order chi connectivity index (χ0) is 11.3. The van der Waals surface area contributed by atoms with Crippen LogP contribution >= 0.6 is 11.6 Å². The second-order valence-corrected chi connectivity index (χ2v) is 3.83. The largest absolute Gasteiger partial charge is 0.325 e. The number of rotatable bonds is 4. The standard InChI is InChI=1S/C11H15ClN2O/c1-2-3-10(13)11(15)14-9-6-4-8(12)5-7-9/h4-7,10H,2-3,13H2,1H3,(H,14,15)/t10-/m1/s1. The highest BCUT2D eigenvalue weighted by Gasteiger charge is 2.11. The molecule has 0 aliphatic carbocycles. The molecule has 15 heavy (non-hydrogen) atoms. The second kappa shape index (κ2) is 5.73. The van der Waals surface area contributed by atoms with E-state index in [1.54, 1.807) is 24.3 Å². The Labute approximate surface area is 94.6 Å². The van der Waals surface area contributed by atoms with Crippen molar-refractivity contribution in [2.45, 2.75) is 25.8 Å². The monoisotopic (exact) mass is 226 g/mol. The van der Waals surface area contributed by atoms with Gasteiger partial charge in [-0.15, -0.1) is 0 Å². The lowest BCUT2D eigenvalue weighted by Crippen LogP contribution is -2.35. The van der Waals surface area contributed by atoms with E-state index < -0.39 is 6.04 Å². The van der Waals surface area contributed by atoms with Gasteiger partial charge in [-0.2, -0.15) is 0 Å². The van der Waals surface area contributed by atoms with Gasteiger partial charge in [0.2, 0.25) is 5.91 Å². The highest BCUT2D eigenvalue weighted by molar-refractivity contribution is 6.30. The Hall–Kier alpha value is -1.06. The number of nitrogens with two attached hydrogens (primary N) is 1. The minimum atomic E-state index is -0.439. The zero-order valence-corrected chi connectivity index (χ0v) is 9.42.